The number of ketones is 1. The second kappa shape index (κ2) is 16.4. The fraction of sp³-hybridized carbons (Fsp3) is 0.250. The minimum Gasteiger partial charge on any atom is -0.511 e. The molecule has 0 saturated heterocycles. The number of pyridine rings is 1. The summed E-state index contributed by atoms with van der Waals surface area (Å²) in [6.07, 6.45) is -10.1. The summed E-state index contributed by atoms with van der Waals surface area (Å²) in [5.74, 6) is -2.92. The van der Waals surface area contributed by atoms with Crippen LogP contribution in [0.15, 0.2) is 127 Å². The van der Waals surface area contributed by atoms with Crippen LogP contribution in [0.2, 0.25) is 0 Å². The van der Waals surface area contributed by atoms with Crippen LogP contribution in [0.25, 0.3) is 71.8 Å². The summed E-state index contributed by atoms with van der Waals surface area (Å²) < 4.78 is 81.8. The van der Waals surface area contributed by atoms with E-state index in [-0.39, 0.29) is 26.2 Å². The van der Waals surface area contributed by atoms with Crippen LogP contribution >= 0.6 is 0 Å². The van der Waals surface area contributed by atoms with Crippen LogP contribution in [0.1, 0.15) is 53.4 Å². The molecule has 0 fully saturated rings. The van der Waals surface area contributed by atoms with Crippen molar-refractivity contribution in [1.82, 2.24) is 9.55 Å². The second-order valence-electron chi connectivity index (χ2n) is 14.6. The SMILES string of the molecule is CCC(CC)(C(=O)/C=C(\O)C(CC)(CC)C(F)(F)F)C(F)(F)F.[Ir].[c-]1ccc2c3cccc4c3n(c2c1-c1cc2ccccc2cn1)-c1ccccc1-c1ccccc1-4. The summed E-state index contributed by atoms with van der Waals surface area (Å²) in [5, 5.41) is 14.6. The van der Waals surface area contributed by atoms with E-state index in [9.17, 15) is 36.2 Å². The molecule has 4 nitrogen and oxygen atoms in total. The van der Waals surface area contributed by atoms with Crippen molar-refractivity contribution in [2.45, 2.75) is 65.7 Å². The van der Waals surface area contributed by atoms with Crippen LogP contribution in [0.5, 0.6) is 0 Å². The monoisotopic (exact) mass is 984 g/mol. The average molecular weight is 984 g/mol. The number of halogens is 6. The Morgan fingerprint density at radius 2 is 1.19 bits per heavy atom. The number of alkyl halides is 6. The molecule has 0 atom stereocenters. The van der Waals surface area contributed by atoms with Crippen LogP contribution in [0, 0.1) is 16.9 Å². The molecule has 0 aliphatic carbocycles. The van der Waals surface area contributed by atoms with Gasteiger partial charge in [0.15, 0.2) is 5.78 Å². The van der Waals surface area contributed by atoms with Crippen molar-refractivity contribution in [1.29, 1.82) is 0 Å². The number of carbonyl (C=O) groups is 1. The number of allylic oxidation sites excluding steroid dienone is 2. The predicted molar refractivity (Wildman–Crippen MR) is 219 cm³/mol. The third-order valence-corrected chi connectivity index (χ3v) is 12.0. The van der Waals surface area contributed by atoms with Gasteiger partial charge in [-0.05, 0) is 70.2 Å². The summed E-state index contributed by atoms with van der Waals surface area (Å²) in [7, 11) is 0. The van der Waals surface area contributed by atoms with Gasteiger partial charge in [0.2, 0.25) is 0 Å². The van der Waals surface area contributed by atoms with Crippen LogP contribution < -0.4 is 0 Å². The normalized spacial score (nSPS) is 12.9. The van der Waals surface area contributed by atoms with Crippen molar-refractivity contribution in [2.75, 3.05) is 0 Å². The minimum absolute atomic E-state index is 0. The summed E-state index contributed by atoms with van der Waals surface area (Å²) in [6, 6.07) is 42.5. The molecule has 1 radical (unpaired) electrons. The molecule has 1 aliphatic heterocycles. The van der Waals surface area contributed by atoms with Gasteiger partial charge in [-0.15, -0.1) is 23.8 Å². The fourth-order valence-electron chi connectivity index (χ4n) is 8.47. The van der Waals surface area contributed by atoms with E-state index in [2.05, 4.69) is 114 Å². The van der Waals surface area contributed by atoms with E-state index in [1.807, 2.05) is 12.3 Å². The van der Waals surface area contributed by atoms with Crippen LogP contribution in [-0.4, -0.2) is 32.8 Å². The maximum atomic E-state index is 13.2. The zero-order valence-corrected chi connectivity index (χ0v) is 35.1. The van der Waals surface area contributed by atoms with E-state index in [1.54, 1.807) is 0 Å². The standard InChI is InChI=1S/C33H19N2.C15H22F6O2.Ir/c1-2-10-22-20-34-30(19-21(22)9-1)29-17-8-16-28-27-15-7-14-26-24-12-4-3-11-23(24)25-13-5-6-18-31(25)35(32(26)27)33(28)29;1-5-12(6-2,14(16,17)18)10(22)9-11(23)13(7-3,8-4)15(19,20)21;/h1-16,18-20H;9,22H,5-8H2,1-4H3;/q-1;;/b;10-9-;. The average Bonchev–Trinajstić information content (AvgIpc) is 3.49. The fourth-order valence-corrected chi connectivity index (χ4v) is 8.47. The molecule has 307 valence electrons. The Morgan fingerprint density at radius 1 is 0.661 bits per heavy atom. The number of hydrogen-bond acceptors (Lipinski definition) is 3. The predicted octanol–water partition coefficient (Wildman–Crippen LogP) is 14.2. The number of para-hydroxylation sites is 2. The maximum absolute atomic E-state index is 13.2. The van der Waals surface area contributed by atoms with Crippen LogP contribution in [0.3, 0.4) is 0 Å². The molecule has 0 spiro atoms. The number of aliphatic hydroxyl groups is 1. The first-order chi connectivity index (χ1) is 27.7. The van der Waals surface area contributed by atoms with E-state index < -0.39 is 60.4 Å². The Morgan fingerprint density at radius 3 is 1.80 bits per heavy atom. The molecule has 0 bridgehead atoms. The Bertz CT molecular complexity index is 2710. The molecule has 2 aromatic heterocycles. The van der Waals surface area contributed by atoms with Gasteiger partial charge in [-0.2, -0.15) is 26.3 Å². The smallest absolute Gasteiger partial charge is 0.401 e. The first-order valence-corrected chi connectivity index (χ1v) is 19.3. The van der Waals surface area contributed by atoms with Gasteiger partial charge in [0.25, 0.3) is 0 Å². The number of aliphatic hydroxyl groups excluding tert-OH is 1. The van der Waals surface area contributed by atoms with E-state index in [0.717, 1.165) is 49.9 Å². The van der Waals surface area contributed by atoms with Gasteiger partial charge in [-0.3, -0.25) is 4.79 Å². The second-order valence-corrected chi connectivity index (χ2v) is 14.6. The number of hydrogen-bond donors (Lipinski definition) is 1. The molecule has 5 aromatic carbocycles. The molecule has 1 N–H and O–H groups in total. The Hall–Kier alpha value is -5.25. The number of aromatic nitrogens is 2. The number of fused-ring (bicyclic) bond motifs is 9. The molecule has 0 unspecified atom stereocenters. The van der Waals surface area contributed by atoms with Crippen molar-refractivity contribution < 1.29 is 56.3 Å². The van der Waals surface area contributed by atoms with Gasteiger partial charge in [0.1, 0.15) is 16.6 Å². The Kier molecular flexibility index (Phi) is 12.1. The molecular weight excluding hydrogens is 943 g/mol. The number of benzene rings is 5. The molecule has 59 heavy (non-hydrogen) atoms. The first kappa shape index (κ1) is 43.3. The number of rotatable bonds is 8. The van der Waals surface area contributed by atoms with Gasteiger partial charge in [0.05, 0.1) is 5.52 Å². The molecule has 0 amide bonds. The molecule has 11 heteroatoms. The van der Waals surface area contributed by atoms with Gasteiger partial charge >= 0.3 is 12.4 Å². The van der Waals surface area contributed by atoms with Crippen molar-refractivity contribution in [3.8, 4) is 39.2 Å². The third-order valence-electron chi connectivity index (χ3n) is 12.0. The largest absolute Gasteiger partial charge is 0.511 e. The molecule has 7 aromatic rings. The van der Waals surface area contributed by atoms with Crippen molar-refractivity contribution in [2.24, 2.45) is 10.8 Å². The molecular formula is C48H41F6IrN2O2-. The van der Waals surface area contributed by atoms with E-state index in [1.165, 1.54) is 49.6 Å². The molecule has 8 rings (SSSR count). The minimum atomic E-state index is -4.91. The molecule has 1 aliphatic rings. The Balaban J connectivity index is 0.000000216. The summed E-state index contributed by atoms with van der Waals surface area (Å²) in [4.78, 5) is 17.0. The van der Waals surface area contributed by atoms with Crippen LogP contribution in [-0.2, 0) is 24.9 Å². The molecule has 3 heterocycles. The quantitative estimate of drug-likeness (QED) is 0.0714. The summed E-state index contributed by atoms with van der Waals surface area (Å²) in [5.41, 5.74) is 5.04. The zero-order valence-electron chi connectivity index (χ0n) is 32.7. The summed E-state index contributed by atoms with van der Waals surface area (Å²) in [6.45, 7) is 4.58. The van der Waals surface area contributed by atoms with Gasteiger partial charge in [0, 0.05) is 49.2 Å². The maximum Gasteiger partial charge on any atom is 0.401 e. The third kappa shape index (κ3) is 7.06. The van der Waals surface area contributed by atoms with Gasteiger partial charge in [-0.1, -0.05) is 124 Å². The Labute approximate surface area is 351 Å². The van der Waals surface area contributed by atoms with E-state index in [4.69, 9.17) is 4.98 Å². The molecule has 0 saturated carbocycles. The van der Waals surface area contributed by atoms with Crippen molar-refractivity contribution in [3.05, 3.63) is 133 Å². The van der Waals surface area contributed by atoms with E-state index >= 15 is 0 Å². The first-order valence-electron chi connectivity index (χ1n) is 19.3. The van der Waals surface area contributed by atoms with Crippen molar-refractivity contribution >= 4 is 38.4 Å². The van der Waals surface area contributed by atoms with Gasteiger partial charge < -0.3 is 14.7 Å². The number of carbonyl (C=O) groups excluding carboxylic acids is 1. The number of nitrogens with zero attached hydrogens (tertiary/aromatic N) is 2. The topological polar surface area (TPSA) is 55.1 Å². The van der Waals surface area contributed by atoms with Crippen LogP contribution in [0.4, 0.5) is 26.3 Å². The van der Waals surface area contributed by atoms with E-state index in [0.29, 0.717) is 0 Å². The van der Waals surface area contributed by atoms with Crippen molar-refractivity contribution in [3.63, 3.8) is 0 Å². The zero-order chi connectivity index (χ0) is 41.6. The summed E-state index contributed by atoms with van der Waals surface area (Å²) >= 11 is 0. The van der Waals surface area contributed by atoms with Gasteiger partial charge in [-0.25, -0.2) is 0 Å².